The number of carbonyl (C=O) groups excluding carboxylic acids is 1. The summed E-state index contributed by atoms with van der Waals surface area (Å²) in [5, 5.41) is 6.99. The molecule has 1 saturated carbocycles. The molecule has 0 radical (unpaired) electrons. The molecule has 0 saturated heterocycles. The van der Waals surface area contributed by atoms with Crippen LogP contribution in [-0.2, 0) is 11.2 Å². The van der Waals surface area contributed by atoms with E-state index in [1.807, 2.05) is 12.4 Å². The molecule has 1 N–H and O–H groups in total. The van der Waals surface area contributed by atoms with Gasteiger partial charge in [0.15, 0.2) is 0 Å². The number of nitrogens with zero attached hydrogens (tertiary/aromatic N) is 4. The minimum Gasteiger partial charge on any atom is -0.356 e. The molecule has 94 valence electrons. The van der Waals surface area contributed by atoms with Crippen LogP contribution >= 0.6 is 0 Å². The van der Waals surface area contributed by atoms with Crippen LogP contribution in [0.5, 0.6) is 0 Å². The number of carbonyl (C=O) groups is 1. The van der Waals surface area contributed by atoms with Gasteiger partial charge in [-0.3, -0.25) is 4.79 Å². The molecule has 0 spiro atoms. The lowest BCUT2D eigenvalue weighted by Crippen LogP contribution is -2.26. The van der Waals surface area contributed by atoms with Gasteiger partial charge in [0.2, 0.25) is 5.91 Å². The third-order valence-electron chi connectivity index (χ3n) is 3.08. The summed E-state index contributed by atoms with van der Waals surface area (Å²) < 4.78 is 1.66. The van der Waals surface area contributed by atoms with Crippen LogP contribution in [0.1, 0.15) is 24.8 Å². The van der Waals surface area contributed by atoms with Crippen molar-refractivity contribution in [2.24, 2.45) is 5.92 Å². The molecule has 3 rings (SSSR count). The number of amides is 1. The van der Waals surface area contributed by atoms with Crippen LogP contribution in [0.2, 0.25) is 0 Å². The Balaban J connectivity index is 1.48. The number of aryl methyl sites for hydroxylation is 1. The minimum atomic E-state index is 0.208. The van der Waals surface area contributed by atoms with Crippen LogP contribution < -0.4 is 5.32 Å². The maximum absolute atomic E-state index is 11.4. The van der Waals surface area contributed by atoms with Crippen molar-refractivity contribution < 1.29 is 4.79 Å². The van der Waals surface area contributed by atoms with E-state index in [2.05, 4.69) is 20.4 Å². The fraction of sp³-hybridized carbons (Fsp3) is 0.500. The van der Waals surface area contributed by atoms with E-state index in [0.717, 1.165) is 37.8 Å². The van der Waals surface area contributed by atoms with Crippen molar-refractivity contribution in [1.29, 1.82) is 0 Å². The molecule has 0 aromatic carbocycles. The summed E-state index contributed by atoms with van der Waals surface area (Å²) in [7, 11) is 0. The van der Waals surface area contributed by atoms with E-state index in [-0.39, 0.29) is 11.8 Å². The highest BCUT2D eigenvalue weighted by Gasteiger charge is 2.28. The van der Waals surface area contributed by atoms with Crippen molar-refractivity contribution in [3.63, 3.8) is 0 Å². The number of hydrogen-bond donors (Lipinski definition) is 1. The first-order valence-corrected chi connectivity index (χ1v) is 6.25. The molecule has 1 fully saturated rings. The lowest BCUT2D eigenvalue weighted by Gasteiger charge is -2.04. The summed E-state index contributed by atoms with van der Waals surface area (Å²) in [6.45, 7) is 0.727. The minimum absolute atomic E-state index is 0.208. The first-order chi connectivity index (χ1) is 8.83. The summed E-state index contributed by atoms with van der Waals surface area (Å²) >= 11 is 0. The van der Waals surface area contributed by atoms with Gasteiger partial charge in [-0.25, -0.2) is 9.50 Å². The lowest BCUT2D eigenvalue weighted by atomic mass is 10.2. The zero-order valence-corrected chi connectivity index (χ0v) is 10.0. The molecule has 18 heavy (non-hydrogen) atoms. The van der Waals surface area contributed by atoms with Crippen molar-refractivity contribution in [3.05, 3.63) is 24.3 Å². The standard InChI is InChI=1S/C12H15N5O/c18-11(10-3-4-10)13-5-1-2-9-6-14-12-15-8-16-17(12)7-9/h6-8,10H,1-5H2,(H,13,18). The summed E-state index contributed by atoms with van der Waals surface area (Å²) in [4.78, 5) is 19.6. The first-order valence-electron chi connectivity index (χ1n) is 6.25. The molecule has 0 aliphatic heterocycles. The normalized spacial score (nSPS) is 14.9. The van der Waals surface area contributed by atoms with Crippen molar-refractivity contribution in [2.45, 2.75) is 25.7 Å². The molecule has 0 unspecified atom stereocenters. The number of fused-ring (bicyclic) bond motifs is 1. The van der Waals surface area contributed by atoms with Gasteiger partial charge in [0.05, 0.1) is 0 Å². The van der Waals surface area contributed by atoms with E-state index < -0.39 is 0 Å². The predicted molar refractivity (Wildman–Crippen MR) is 64.8 cm³/mol. The highest BCUT2D eigenvalue weighted by Crippen LogP contribution is 2.28. The summed E-state index contributed by atoms with van der Waals surface area (Å²) in [6, 6.07) is 0. The smallest absolute Gasteiger partial charge is 0.252 e. The maximum Gasteiger partial charge on any atom is 0.252 e. The van der Waals surface area contributed by atoms with E-state index >= 15 is 0 Å². The Morgan fingerprint density at radius 2 is 2.33 bits per heavy atom. The van der Waals surface area contributed by atoms with Gasteiger partial charge >= 0.3 is 0 Å². The van der Waals surface area contributed by atoms with E-state index in [0.29, 0.717) is 5.78 Å². The fourth-order valence-electron chi connectivity index (χ4n) is 1.88. The van der Waals surface area contributed by atoms with Crippen LogP contribution in [-0.4, -0.2) is 32.0 Å². The van der Waals surface area contributed by atoms with Crippen molar-refractivity contribution in [2.75, 3.05) is 6.54 Å². The molecule has 0 atom stereocenters. The number of rotatable bonds is 5. The molecule has 0 bridgehead atoms. The molecular formula is C12H15N5O. The highest BCUT2D eigenvalue weighted by molar-refractivity contribution is 5.80. The van der Waals surface area contributed by atoms with Crippen LogP contribution in [0, 0.1) is 5.92 Å². The van der Waals surface area contributed by atoms with Crippen LogP contribution in [0.4, 0.5) is 0 Å². The predicted octanol–water partition coefficient (Wildman–Crippen LogP) is 0.583. The first kappa shape index (κ1) is 11.1. The van der Waals surface area contributed by atoms with Gasteiger partial charge in [-0.1, -0.05) is 0 Å². The topological polar surface area (TPSA) is 72.2 Å². The van der Waals surface area contributed by atoms with Gasteiger partial charge in [0.25, 0.3) is 5.78 Å². The summed E-state index contributed by atoms with van der Waals surface area (Å²) in [6.07, 6.45) is 9.14. The van der Waals surface area contributed by atoms with Gasteiger partial charge < -0.3 is 5.32 Å². The molecule has 1 amide bonds. The molecule has 1 aliphatic rings. The second-order valence-corrected chi connectivity index (χ2v) is 4.64. The SMILES string of the molecule is O=C(NCCCc1cnc2ncnn2c1)C1CC1. The molecule has 1 aliphatic carbocycles. The summed E-state index contributed by atoms with van der Waals surface area (Å²) in [5.41, 5.74) is 1.11. The molecule has 2 aromatic rings. The Morgan fingerprint density at radius 1 is 1.44 bits per heavy atom. The van der Waals surface area contributed by atoms with E-state index in [9.17, 15) is 4.79 Å². The quantitative estimate of drug-likeness (QED) is 0.782. The van der Waals surface area contributed by atoms with Crippen molar-refractivity contribution >= 4 is 11.7 Å². The number of nitrogens with one attached hydrogen (secondary N) is 1. The molecule has 6 heteroatoms. The highest BCUT2D eigenvalue weighted by atomic mass is 16.2. The van der Waals surface area contributed by atoms with Gasteiger partial charge in [-0.05, 0) is 31.2 Å². The monoisotopic (exact) mass is 245 g/mol. The maximum atomic E-state index is 11.4. The number of hydrogen-bond acceptors (Lipinski definition) is 4. The van der Waals surface area contributed by atoms with Crippen LogP contribution in [0.15, 0.2) is 18.7 Å². The average molecular weight is 245 g/mol. The van der Waals surface area contributed by atoms with Gasteiger partial charge in [0.1, 0.15) is 6.33 Å². The Morgan fingerprint density at radius 3 is 3.17 bits per heavy atom. The summed E-state index contributed by atoms with van der Waals surface area (Å²) in [5.74, 6) is 1.11. The third-order valence-corrected chi connectivity index (χ3v) is 3.08. The second-order valence-electron chi connectivity index (χ2n) is 4.64. The zero-order valence-electron chi connectivity index (χ0n) is 10.0. The van der Waals surface area contributed by atoms with E-state index in [4.69, 9.17) is 0 Å². The second kappa shape index (κ2) is 4.72. The zero-order chi connectivity index (χ0) is 12.4. The Labute approximate surface area is 104 Å². The molecule has 2 heterocycles. The fourth-order valence-corrected chi connectivity index (χ4v) is 1.88. The number of aromatic nitrogens is 4. The third kappa shape index (κ3) is 2.47. The van der Waals surface area contributed by atoms with Gasteiger partial charge in [0, 0.05) is 24.9 Å². The molecule has 2 aromatic heterocycles. The van der Waals surface area contributed by atoms with Gasteiger partial charge in [-0.15, -0.1) is 0 Å². The van der Waals surface area contributed by atoms with Crippen LogP contribution in [0.25, 0.3) is 5.78 Å². The van der Waals surface area contributed by atoms with Crippen molar-refractivity contribution in [3.8, 4) is 0 Å². The van der Waals surface area contributed by atoms with E-state index in [1.165, 1.54) is 6.33 Å². The Kier molecular flexibility index (Phi) is 2.92. The van der Waals surface area contributed by atoms with Crippen LogP contribution in [0.3, 0.4) is 0 Å². The largest absolute Gasteiger partial charge is 0.356 e. The van der Waals surface area contributed by atoms with E-state index in [1.54, 1.807) is 4.52 Å². The van der Waals surface area contributed by atoms with Crippen molar-refractivity contribution in [1.82, 2.24) is 24.9 Å². The molecule has 6 nitrogen and oxygen atoms in total. The molecular weight excluding hydrogens is 230 g/mol. The Hall–Kier alpha value is -1.98. The van der Waals surface area contributed by atoms with Gasteiger partial charge in [-0.2, -0.15) is 10.1 Å². The lowest BCUT2D eigenvalue weighted by molar-refractivity contribution is -0.122. The Bertz CT molecular complexity index is 560. The average Bonchev–Trinajstić information content (AvgIpc) is 3.13.